The minimum absolute atomic E-state index is 0.700. The van der Waals surface area contributed by atoms with Crippen LogP contribution in [0.15, 0.2) is 0 Å². The van der Waals surface area contributed by atoms with Gasteiger partial charge in [-0.25, -0.2) is 0 Å². The molecule has 8 unspecified atom stereocenters. The lowest BCUT2D eigenvalue weighted by Gasteiger charge is -2.35. The summed E-state index contributed by atoms with van der Waals surface area (Å²) in [5.74, 6) is 7.76. The fourth-order valence-electron chi connectivity index (χ4n) is 6.47. The van der Waals surface area contributed by atoms with Crippen LogP contribution in [-0.4, -0.2) is 12.7 Å². The SMILES string of the molecule is C1CC2CC1CC2C1CC2CC1CC2C1CO1. The van der Waals surface area contributed by atoms with Gasteiger partial charge in [-0.05, 0) is 80.0 Å². The molecule has 0 amide bonds. The lowest BCUT2D eigenvalue weighted by molar-refractivity contribution is 0.129. The van der Waals surface area contributed by atoms with E-state index in [4.69, 9.17) is 4.74 Å². The number of rotatable bonds is 2. The van der Waals surface area contributed by atoms with E-state index in [-0.39, 0.29) is 0 Å². The van der Waals surface area contributed by atoms with Gasteiger partial charge in [0.05, 0.1) is 12.7 Å². The summed E-state index contributed by atoms with van der Waals surface area (Å²) in [5, 5.41) is 0. The van der Waals surface area contributed by atoms with E-state index >= 15 is 0 Å². The molecule has 4 bridgehead atoms. The number of epoxide rings is 1. The number of fused-ring (bicyclic) bond motifs is 4. The first kappa shape index (κ1) is 9.83. The van der Waals surface area contributed by atoms with Gasteiger partial charge in [-0.15, -0.1) is 0 Å². The molecule has 5 aliphatic rings. The molecule has 0 N–H and O–H groups in total. The first-order chi connectivity index (χ1) is 8.38. The number of hydrogen-bond donors (Lipinski definition) is 0. The van der Waals surface area contributed by atoms with E-state index in [1.54, 1.807) is 38.5 Å². The summed E-state index contributed by atoms with van der Waals surface area (Å²) >= 11 is 0. The van der Waals surface area contributed by atoms with E-state index in [1.165, 1.54) is 6.42 Å². The highest BCUT2D eigenvalue weighted by molar-refractivity contribution is 5.04. The smallest absolute Gasteiger partial charge is 0.0840 e. The molecule has 0 spiro atoms. The Morgan fingerprint density at radius 3 is 2.00 bits per heavy atom. The van der Waals surface area contributed by atoms with Crippen molar-refractivity contribution in [3.63, 3.8) is 0 Å². The van der Waals surface area contributed by atoms with Gasteiger partial charge in [0.15, 0.2) is 0 Å². The molecule has 0 aromatic rings. The van der Waals surface area contributed by atoms with Crippen LogP contribution >= 0.6 is 0 Å². The van der Waals surface area contributed by atoms with Crippen molar-refractivity contribution in [3.8, 4) is 0 Å². The maximum absolute atomic E-state index is 5.56. The highest BCUT2D eigenvalue weighted by Gasteiger charge is 2.55. The lowest BCUT2D eigenvalue weighted by atomic mass is 9.70. The second-order valence-corrected chi connectivity index (χ2v) is 7.77. The van der Waals surface area contributed by atoms with Crippen LogP contribution in [0.4, 0.5) is 0 Å². The van der Waals surface area contributed by atoms with Crippen molar-refractivity contribution in [2.45, 2.75) is 51.0 Å². The minimum atomic E-state index is 0.700. The van der Waals surface area contributed by atoms with Gasteiger partial charge in [0.1, 0.15) is 0 Å². The van der Waals surface area contributed by atoms with Gasteiger partial charge < -0.3 is 4.74 Å². The van der Waals surface area contributed by atoms with Crippen molar-refractivity contribution in [1.82, 2.24) is 0 Å². The summed E-state index contributed by atoms with van der Waals surface area (Å²) < 4.78 is 5.56. The van der Waals surface area contributed by atoms with Crippen molar-refractivity contribution >= 4 is 0 Å². The van der Waals surface area contributed by atoms with Crippen LogP contribution in [-0.2, 0) is 4.74 Å². The Morgan fingerprint density at radius 2 is 1.41 bits per heavy atom. The first-order valence-corrected chi connectivity index (χ1v) is 8.00. The average Bonchev–Trinajstić information content (AvgIpc) is 2.78. The van der Waals surface area contributed by atoms with E-state index in [0.29, 0.717) is 6.10 Å². The third-order valence-electron chi connectivity index (χ3n) is 7.15. The summed E-state index contributed by atoms with van der Waals surface area (Å²) in [6.07, 6.45) is 11.8. The van der Waals surface area contributed by atoms with E-state index in [1.807, 2.05) is 0 Å². The van der Waals surface area contributed by atoms with Gasteiger partial charge in [-0.3, -0.25) is 0 Å². The molecule has 1 heterocycles. The molecule has 8 atom stereocenters. The van der Waals surface area contributed by atoms with Gasteiger partial charge in [-0.2, -0.15) is 0 Å². The Morgan fingerprint density at radius 1 is 0.647 bits per heavy atom. The molecule has 5 rings (SSSR count). The second-order valence-electron chi connectivity index (χ2n) is 7.77. The molecular formula is C16H24O. The normalized spacial score (nSPS) is 63.5. The molecular weight excluding hydrogens is 208 g/mol. The summed E-state index contributed by atoms with van der Waals surface area (Å²) in [4.78, 5) is 0. The highest BCUT2D eigenvalue weighted by Crippen LogP contribution is 2.62. The van der Waals surface area contributed by atoms with Gasteiger partial charge in [0.2, 0.25) is 0 Å². The quantitative estimate of drug-likeness (QED) is 0.664. The van der Waals surface area contributed by atoms with Crippen molar-refractivity contribution in [2.24, 2.45) is 41.4 Å². The Bertz CT molecular complexity index is 334. The van der Waals surface area contributed by atoms with E-state index in [0.717, 1.165) is 48.0 Å². The predicted octanol–water partition coefficient (Wildman–Crippen LogP) is 3.48. The van der Waals surface area contributed by atoms with Gasteiger partial charge in [0, 0.05) is 0 Å². The zero-order valence-electron chi connectivity index (χ0n) is 10.7. The highest BCUT2D eigenvalue weighted by atomic mass is 16.6. The molecule has 4 saturated carbocycles. The monoisotopic (exact) mass is 232 g/mol. The van der Waals surface area contributed by atoms with Crippen LogP contribution in [0.1, 0.15) is 44.9 Å². The van der Waals surface area contributed by atoms with Crippen LogP contribution in [0.2, 0.25) is 0 Å². The van der Waals surface area contributed by atoms with E-state index in [2.05, 4.69) is 0 Å². The Kier molecular flexibility index (Phi) is 1.90. The maximum Gasteiger partial charge on any atom is 0.0840 e. The largest absolute Gasteiger partial charge is 0.373 e. The lowest BCUT2D eigenvalue weighted by Crippen LogP contribution is -2.29. The van der Waals surface area contributed by atoms with E-state index in [9.17, 15) is 0 Å². The number of hydrogen-bond acceptors (Lipinski definition) is 1. The Hall–Kier alpha value is -0.0400. The summed E-state index contributed by atoms with van der Waals surface area (Å²) in [6.45, 7) is 1.09. The van der Waals surface area contributed by atoms with E-state index < -0.39 is 0 Å². The van der Waals surface area contributed by atoms with Gasteiger partial charge >= 0.3 is 0 Å². The van der Waals surface area contributed by atoms with Crippen LogP contribution in [0, 0.1) is 41.4 Å². The molecule has 94 valence electrons. The van der Waals surface area contributed by atoms with Crippen LogP contribution in [0.3, 0.4) is 0 Å². The zero-order valence-corrected chi connectivity index (χ0v) is 10.7. The van der Waals surface area contributed by atoms with Gasteiger partial charge in [-0.1, -0.05) is 6.42 Å². The molecule has 0 aromatic carbocycles. The zero-order chi connectivity index (χ0) is 11.0. The van der Waals surface area contributed by atoms with Crippen molar-refractivity contribution in [2.75, 3.05) is 6.61 Å². The molecule has 5 fully saturated rings. The summed E-state index contributed by atoms with van der Waals surface area (Å²) in [6, 6.07) is 0. The maximum atomic E-state index is 5.56. The van der Waals surface area contributed by atoms with Crippen molar-refractivity contribution in [1.29, 1.82) is 0 Å². The average molecular weight is 232 g/mol. The minimum Gasteiger partial charge on any atom is -0.373 e. The predicted molar refractivity (Wildman–Crippen MR) is 66.5 cm³/mol. The molecule has 1 aliphatic heterocycles. The van der Waals surface area contributed by atoms with Crippen molar-refractivity contribution in [3.05, 3.63) is 0 Å². The van der Waals surface area contributed by atoms with Crippen LogP contribution in [0.5, 0.6) is 0 Å². The van der Waals surface area contributed by atoms with Crippen LogP contribution in [0.25, 0.3) is 0 Å². The Balaban J connectivity index is 1.32. The topological polar surface area (TPSA) is 12.5 Å². The fraction of sp³-hybridized carbons (Fsp3) is 1.00. The van der Waals surface area contributed by atoms with Gasteiger partial charge in [0.25, 0.3) is 0 Å². The second kappa shape index (κ2) is 3.29. The standard InChI is InChI=1S/C16H24O/c1-2-10-3-9(1)4-13(10)14-6-12-5-11(14)7-15(12)16-8-17-16/h9-16H,1-8H2. The summed E-state index contributed by atoms with van der Waals surface area (Å²) in [5.41, 5.74) is 0. The molecule has 0 aromatic heterocycles. The molecule has 0 radical (unpaired) electrons. The molecule has 4 aliphatic carbocycles. The fourth-order valence-corrected chi connectivity index (χ4v) is 6.47. The summed E-state index contributed by atoms with van der Waals surface area (Å²) in [7, 11) is 0. The third-order valence-corrected chi connectivity index (χ3v) is 7.15. The molecule has 1 heteroatoms. The van der Waals surface area contributed by atoms with Crippen molar-refractivity contribution < 1.29 is 4.74 Å². The molecule has 17 heavy (non-hydrogen) atoms. The molecule has 1 nitrogen and oxygen atoms in total. The Labute approximate surface area is 104 Å². The first-order valence-electron chi connectivity index (χ1n) is 8.00. The third kappa shape index (κ3) is 1.35. The number of ether oxygens (including phenoxy) is 1. The molecule has 1 saturated heterocycles. The van der Waals surface area contributed by atoms with Crippen LogP contribution < -0.4 is 0 Å².